The molecule has 2 aliphatic heterocycles. The Morgan fingerprint density at radius 2 is 2.14 bits per heavy atom. The Balaban J connectivity index is 1.52. The molecule has 8 heteroatoms. The molecular weight excluding hydrogens is 378 g/mol. The van der Waals surface area contributed by atoms with E-state index in [4.69, 9.17) is 9.47 Å². The van der Waals surface area contributed by atoms with E-state index < -0.39 is 5.41 Å². The van der Waals surface area contributed by atoms with Gasteiger partial charge in [-0.15, -0.1) is 11.3 Å². The van der Waals surface area contributed by atoms with Crippen molar-refractivity contribution in [3.8, 4) is 0 Å². The summed E-state index contributed by atoms with van der Waals surface area (Å²) in [5, 5.41) is 1.78. The summed E-state index contributed by atoms with van der Waals surface area (Å²) >= 11 is 1.42. The maximum Gasteiger partial charge on any atom is 0.314 e. The van der Waals surface area contributed by atoms with Gasteiger partial charge in [-0.05, 0) is 38.5 Å². The summed E-state index contributed by atoms with van der Waals surface area (Å²) in [5.74, 6) is 0.0579. The molecule has 0 aromatic carbocycles. The first-order valence-electron chi connectivity index (χ1n) is 10.3. The minimum Gasteiger partial charge on any atom is -0.466 e. The molecule has 3 fully saturated rings. The lowest BCUT2D eigenvalue weighted by molar-refractivity contribution is -0.168. The minimum absolute atomic E-state index is 0.0707. The monoisotopic (exact) mass is 407 g/mol. The van der Waals surface area contributed by atoms with Crippen molar-refractivity contribution in [1.82, 2.24) is 14.8 Å². The first-order chi connectivity index (χ1) is 13.6. The Morgan fingerprint density at radius 1 is 1.32 bits per heavy atom. The molecule has 3 aliphatic rings. The van der Waals surface area contributed by atoms with Crippen molar-refractivity contribution in [3.63, 3.8) is 0 Å². The third-order valence-electron chi connectivity index (χ3n) is 6.66. The van der Waals surface area contributed by atoms with Crippen molar-refractivity contribution < 1.29 is 19.1 Å². The molecule has 4 rings (SSSR count). The number of nitrogens with zero attached hydrogens (tertiary/aromatic N) is 3. The standard InChI is InChI=1S/C20H29N3O4S/c1-2-27-19(25)20-5-3-16(22-7-9-26-10-8-22)11-15(20)4-6-23(13-20)18(24)17-12-28-14-21-17/h12,14-16H,2-11,13H2,1H3/t15-,16+,20-/m1/s1. The highest BCUT2D eigenvalue weighted by molar-refractivity contribution is 7.07. The smallest absolute Gasteiger partial charge is 0.314 e. The third-order valence-corrected chi connectivity index (χ3v) is 7.25. The van der Waals surface area contributed by atoms with Gasteiger partial charge in [0.1, 0.15) is 5.69 Å². The van der Waals surface area contributed by atoms with Crippen LogP contribution in [0.25, 0.3) is 0 Å². The minimum atomic E-state index is -0.581. The number of aromatic nitrogens is 1. The molecule has 0 unspecified atom stereocenters. The highest BCUT2D eigenvalue weighted by atomic mass is 32.1. The quantitative estimate of drug-likeness (QED) is 0.712. The van der Waals surface area contributed by atoms with E-state index in [9.17, 15) is 9.59 Å². The van der Waals surface area contributed by atoms with Crippen LogP contribution in [0.5, 0.6) is 0 Å². The van der Waals surface area contributed by atoms with Crippen LogP contribution >= 0.6 is 11.3 Å². The molecule has 154 valence electrons. The molecule has 1 saturated carbocycles. The molecule has 1 aromatic heterocycles. The van der Waals surface area contributed by atoms with Crippen LogP contribution in [0.15, 0.2) is 10.9 Å². The normalized spacial score (nSPS) is 31.2. The number of ether oxygens (including phenoxy) is 2. The molecule has 3 atom stereocenters. The van der Waals surface area contributed by atoms with Crippen molar-refractivity contribution in [1.29, 1.82) is 0 Å². The van der Waals surface area contributed by atoms with E-state index in [1.165, 1.54) is 11.3 Å². The van der Waals surface area contributed by atoms with Gasteiger partial charge in [-0.2, -0.15) is 0 Å². The summed E-state index contributed by atoms with van der Waals surface area (Å²) in [6.07, 6.45) is 3.58. The lowest BCUT2D eigenvalue weighted by Crippen LogP contribution is -2.59. The zero-order valence-electron chi connectivity index (χ0n) is 16.5. The van der Waals surface area contributed by atoms with Crippen molar-refractivity contribution in [2.24, 2.45) is 11.3 Å². The Hall–Kier alpha value is -1.51. The van der Waals surface area contributed by atoms with E-state index >= 15 is 0 Å². The predicted octanol–water partition coefficient (Wildman–Crippen LogP) is 2.04. The number of carbonyl (C=O) groups excluding carboxylic acids is 2. The van der Waals surface area contributed by atoms with Gasteiger partial charge in [0.2, 0.25) is 0 Å². The lowest BCUT2D eigenvalue weighted by atomic mass is 9.61. The molecule has 0 bridgehead atoms. The van der Waals surface area contributed by atoms with Crippen LogP contribution < -0.4 is 0 Å². The van der Waals surface area contributed by atoms with Crippen LogP contribution in [0.2, 0.25) is 0 Å². The second-order valence-electron chi connectivity index (χ2n) is 8.04. The van der Waals surface area contributed by atoms with Crippen LogP contribution in [0.4, 0.5) is 0 Å². The summed E-state index contributed by atoms with van der Waals surface area (Å²) in [6, 6.07) is 0.497. The number of amides is 1. The fraction of sp³-hybridized carbons (Fsp3) is 0.750. The van der Waals surface area contributed by atoms with Gasteiger partial charge in [0, 0.05) is 37.6 Å². The highest BCUT2D eigenvalue weighted by Gasteiger charge is 2.54. The summed E-state index contributed by atoms with van der Waals surface area (Å²) < 4.78 is 11.0. The Kier molecular flexibility index (Phi) is 5.99. The molecular formula is C20H29N3O4S. The fourth-order valence-electron chi connectivity index (χ4n) is 5.17. The number of hydrogen-bond acceptors (Lipinski definition) is 7. The number of carbonyl (C=O) groups is 2. The first-order valence-corrected chi connectivity index (χ1v) is 11.2. The molecule has 0 N–H and O–H groups in total. The van der Waals surface area contributed by atoms with Crippen molar-refractivity contribution in [2.45, 2.75) is 38.6 Å². The van der Waals surface area contributed by atoms with Gasteiger partial charge in [-0.1, -0.05) is 0 Å². The SMILES string of the molecule is CCOC(=O)[C@@]12CC[C@H](N3CCOCC3)C[C@H]1CCN(C(=O)c1cscn1)C2. The number of rotatable bonds is 4. The lowest BCUT2D eigenvalue weighted by Gasteiger charge is -2.52. The Morgan fingerprint density at radius 3 is 2.86 bits per heavy atom. The molecule has 2 saturated heterocycles. The number of esters is 1. The first kappa shape index (κ1) is 19.8. The van der Waals surface area contributed by atoms with E-state index in [0.29, 0.717) is 31.4 Å². The second-order valence-corrected chi connectivity index (χ2v) is 8.76. The molecule has 28 heavy (non-hydrogen) atoms. The van der Waals surface area contributed by atoms with Crippen molar-refractivity contribution >= 4 is 23.2 Å². The predicted molar refractivity (Wildman–Crippen MR) is 105 cm³/mol. The van der Waals surface area contributed by atoms with E-state index in [2.05, 4.69) is 9.88 Å². The molecule has 1 aromatic rings. The van der Waals surface area contributed by atoms with Crippen LogP contribution in [0.1, 0.15) is 43.1 Å². The van der Waals surface area contributed by atoms with Crippen molar-refractivity contribution in [2.75, 3.05) is 46.0 Å². The van der Waals surface area contributed by atoms with Crippen LogP contribution in [0.3, 0.4) is 0 Å². The van der Waals surface area contributed by atoms with Gasteiger partial charge in [0.25, 0.3) is 5.91 Å². The Labute approximate surface area is 170 Å². The van der Waals surface area contributed by atoms with Gasteiger partial charge in [-0.25, -0.2) is 4.98 Å². The number of thiazole rings is 1. The summed E-state index contributed by atoms with van der Waals surface area (Å²) in [4.78, 5) is 34.5. The summed E-state index contributed by atoms with van der Waals surface area (Å²) in [7, 11) is 0. The van der Waals surface area contributed by atoms with Gasteiger partial charge in [0.05, 0.1) is 30.7 Å². The Bertz CT molecular complexity index is 692. The number of piperidine rings is 1. The highest BCUT2D eigenvalue weighted by Crippen LogP contribution is 2.48. The van der Waals surface area contributed by atoms with Crippen LogP contribution in [-0.4, -0.2) is 78.7 Å². The topological polar surface area (TPSA) is 72.0 Å². The summed E-state index contributed by atoms with van der Waals surface area (Å²) in [5.41, 5.74) is 1.57. The van der Waals surface area contributed by atoms with E-state index in [1.54, 1.807) is 10.9 Å². The van der Waals surface area contributed by atoms with Crippen LogP contribution in [-0.2, 0) is 14.3 Å². The van der Waals surface area contributed by atoms with Gasteiger partial charge >= 0.3 is 5.97 Å². The molecule has 1 aliphatic carbocycles. The molecule has 7 nitrogen and oxygen atoms in total. The molecule has 3 heterocycles. The van der Waals surface area contributed by atoms with E-state index in [1.807, 2.05) is 11.8 Å². The van der Waals surface area contributed by atoms with Gasteiger partial charge in [0.15, 0.2) is 0 Å². The van der Waals surface area contributed by atoms with Crippen LogP contribution in [0, 0.1) is 11.3 Å². The average molecular weight is 408 g/mol. The third kappa shape index (κ3) is 3.69. The maximum atomic E-state index is 13.1. The zero-order chi connectivity index (χ0) is 19.6. The van der Waals surface area contributed by atoms with Crippen molar-refractivity contribution in [3.05, 3.63) is 16.6 Å². The van der Waals surface area contributed by atoms with Gasteiger partial charge in [-0.3, -0.25) is 14.5 Å². The number of likely N-dealkylation sites (tertiary alicyclic amines) is 1. The largest absolute Gasteiger partial charge is 0.466 e. The second kappa shape index (κ2) is 8.47. The van der Waals surface area contributed by atoms with E-state index in [0.717, 1.165) is 52.0 Å². The molecule has 0 radical (unpaired) electrons. The molecule has 1 amide bonds. The summed E-state index contributed by atoms with van der Waals surface area (Å²) in [6.45, 7) is 6.88. The number of fused-ring (bicyclic) bond motifs is 1. The number of hydrogen-bond donors (Lipinski definition) is 0. The molecule has 0 spiro atoms. The van der Waals surface area contributed by atoms with E-state index in [-0.39, 0.29) is 17.8 Å². The average Bonchev–Trinajstić information content (AvgIpc) is 3.28. The maximum absolute atomic E-state index is 13.1. The zero-order valence-corrected chi connectivity index (χ0v) is 17.3. The van der Waals surface area contributed by atoms with Gasteiger partial charge < -0.3 is 14.4 Å². The number of morpholine rings is 1. The fourth-order valence-corrected chi connectivity index (χ4v) is 5.70.